The largest absolute Gasteiger partial charge is 0.394 e. The fourth-order valence-corrected chi connectivity index (χ4v) is 7.56. The van der Waals surface area contributed by atoms with Crippen molar-refractivity contribution in [3.05, 3.63) is 0 Å². The van der Waals surface area contributed by atoms with Gasteiger partial charge in [-0.15, -0.1) is 0 Å². The quantitative estimate of drug-likeness (QED) is 0.0733. The standard InChI is InChI=1S/C31H59N7O16/c32-5-16-21(44)22(45)19(36)28(49-16)53-25-18(9-40)51-29(23(25)46)54-26-20(43)14(38-30(47)31(48)3-10(33)4-31)1-12(34)24(26)52-27-13(35)2-15(42)17(50-27)7-37-6-11(41)8-39/h10-29,37,39-46,48H,1-9,32-36H2,(H,38,47)/t10?,11?,12-,13+,14+,15-,16-,17+,18+,19+,20-,21+,22+,23+,24+,25+,26+,27+,28+,29-,31?/m0/s1. The molecule has 2 saturated carbocycles. The first-order valence-electron chi connectivity index (χ1n) is 18.2. The third-order valence-electron chi connectivity index (χ3n) is 10.8. The molecule has 1 unspecified atom stereocenters. The van der Waals surface area contributed by atoms with Crippen LogP contribution in [0.1, 0.15) is 25.7 Å². The monoisotopic (exact) mass is 785 g/mol. The van der Waals surface area contributed by atoms with Gasteiger partial charge in [0.25, 0.3) is 5.91 Å². The Bertz CT molecular complexity index is 1210. The third-order valence-corrected chi connectivity index (χ3v) is 10.8. The smallest absolute Gasteiger partial charge is 0.252 e. The van der Waals surface area contributed by atoms with Gasteiger partial charge in [0, 0.05) is 44.6 Å². The van der Waals surface area contributed by atoms with Gasteiger partial charge in [-0.3, -0.25) is 4.79 Å². The maximum Gasteiger partial charge on any atom is 0.252 e. The highest BCUT2D eigenvalue weighted by Crippen LogP contribution is 2.36. The number of nitrogens with two attached hydrogens (primary N) is 5. The van der Waals surface area contributed by atoms with Crippen molar-refractivity contribution in [1.29, 1.82) is 0 Å². The van der Waals surface area contributed by atoms with Crippen LogP contribution >= 0.6 is 0 Å². The van der Waals surface area contributed by atoms with Crippen LogP contribution in [0, 0.1) is 0 Å². The highest BCUT2D eigenvalue weighted by molar-refractivity contribution is 5.86. The minimum Gasteiger partial charge on any atom is -0.394 e. The molecule has 54 heavy (non-hydrogen) atoms. The van der Waals surface area contributed by atoms with Gasteiger partial charge in [-0.1, -0.05) is 0 Å². The molecule has 0 aromatic rings. The molecule has 1 amide bonds. The van der Waals surface area contributed by atoms with E-state index in [0.29, 0.717) is 0 Å². The van der Waals surface area contributed by atoms with Gasteiger partial charge in [0.15, 0.2) is 18.9 Å². The fourth-order valence-electron chi connectivity index (χ4n) is 7.56. The molecule has 3 aliphatic heterocycles. The highest BCUT2D eigenvalue weighted by atomic mass is 16.8. The summed E-state index contributed by atoms with van der Waals surface area (Å²) in [6.45, 7) is -1.36. The molecule has 0 aromatic heterocycles. The molecule has 3 saturated heterocycles. The minimum absolute atomic E-state index is 0.000462. The molecule has 5 rings (SSSR count). The van der Waals surface area contributed by atoms with Gasteiger partial charge in [-0.25, -0.2) is 0 Å². The van der Waals surface area contributed by atoms with Gasteiger partial charge in [0.1, 0.15) is 60.5 Å². The van der Waals surface area contributed by atoms with Gasteiger partial charge in [-0.05, 0) is 12.8 Å². The summed E-state index contributed by atoms with van der Waals surface area (Å²) in [4.78, 5) is 13.1. The molecule has 0 radical (unpaired) electrons. The van der Waals surface area contributed by atoms with E-state index in [0.717, 1.165) is 0 Å². The van der Waals surface area contributed by atoms with Crippen molar-refractivity contribution in [2.75, 3.05) is 32.8 Å². The van der Waals surface area contributed by atoms with E-state index in [1.807, 2.05) is 0 Å². The SMILES string of the molecule is NC[C@@H]1O[C@H](O[C@H]2[C@@H](O)[C@H](O[C@@H]3[C@@H](O)[C@H](NC(=O)C4(O)CC(N)C4)C[C@H](N)[C@H]3O[C@H]3O[C@H](CNCC(O)CO)[C@@H](O)C[C@H]3N)O[C@@H]2CO)[C@H](N)[C@@H](O)[C@@H]1O. The van der Waals surface area contributed by atoms with Crippen molar-refractivity contribution in [2.45, 2.75) is 154 Å². The van der Waals surface area contributed by atoms with Gasteiger partial charge < -0.3 is 114 Å². The highest BCUT2D eigenvalue weighted by Gasteiger charge is 2.55. The summed E-state index contributed by atoms with van der Waals surface area (Å²) in [5.41, 5.74) is 28.6. The normalized spacial score (nSPS) is 49.0. The van der Waals surface area contributed by atoms with Crippen molar-refractivity contribution in [2.24, 2.45) is 28.7 Å². The van der Waals surface area contributed by atoms with Gasteiger partial charge in [0.05, 0.1) is 49.7 Å². The zero-order chi connectivity index (χ0) is 39.6. The van der Waals surface area contributed by atoms with E-state index >= 15 is 0 Å². The summed E-state index contributed by atoms with van der Waals surface area (Å²) in [5, 5.41) is 99.6. The molecule has 0 spiro atoms. The molecule has 19 atom stereocenters. The van der Waals surface area contributed by atoms with E-state index in [4.69, 9.17) is 62.2 Å². The van der Waals surface area contributed by atoms with Crippen molar-refractivity contribution < 1.29 is 79.2 Å². The Morgan fingerprint density at radius 3 is 2.04 bits per heavy atom. The summed E-state index contributed by atoms with van der Waals surface area (Å²) < 4.78 is 35.7. The maximum absolute atomic E-state index is 13.1. The van der Waals surface area contributed by atoms with Gasteiger partial charge >= 0.3 is 0 Å². The third kappa shape index (κ3) is 9.49. The number of aliphatic hydroxyl groups excluding tert-OH is 8. The lowest BCUT2D eigenvalue weighted by Gasteiger charge is -2.48. The van der Waals surface area contributed by atoms with E-state index in [2.05, 4.69) is 10.6 Å². The number of hydrogen-bond donors (Lipinski definition) is 16. The average Bonchev–Trinajstić information content (AvgIpc) is 3.42. The van der Waals surface area contributed by atoms with Crippen LogP contribution in [0.3, 0.4) is 0 Å². The molecule has 2 aliphatic carbocycles. The zero-order valence-electron chi connectivity index (χ0n) is 29.7. The average molecular weight is 786 g/mol. The Balaban J connectivity index is 1.34. The molecule has 3 heterocycles. The van der Waals surface area contributed by atoms with Crippen molar-refractivity contribution in [3.8, 4) is 0 Å². The number of rotatable bonds is 15. The van der Waals surface area contributed by atoms with E-state index in [1.165, 1.54) is 0 Å². The second kappa shape index (κ2) is 18.5. The van der Waals surface area contributed by atoms with Crippen LogP contribution in [-0.4, -0.2) is 213 Å². The Morgan fingerprint density at radius 2 is 1.41 bits per heavy atom. The topological polar surface area (TPSA) is 409 Å². The molecular formula is C31H59N7O16. The van der Waals surface area contributed by atoms with Crippen molar-refractivity contribution >= 4 is 5.91 Å². The van der Waals surface area contributed by atoms with Crippen LogP contribution < -0.4 is 39.3 Å². The molecule has 5 aliphatic rings. The van der Waals surface area contributed by atoms with E-state index < -0.39 is 141 Å². The number of carbonyl (C=O) groups is 1. The first-order valence-corrected chi connectivity index (χ1v) is 18.2. The Hall–Kier alpha value is -1.37. The fraction of sp³-hybridized carbons (Fsp3) is 0.968. The van der Waals surface area contributed by atoms with Gasteiger partial charge in [-0.2, -0.15) is 0 Å². The van der Waals surface area contributed by atoms with Crippen molar-refractivity contribution in [3.63, 3.8) is 0 Å². The van der Waals surface area contributed by atoms with Gasteiger partial charge in [0.2, 0.25) is 0 Å². The Labute approximate surface area is 310 Å². The van der Waals surface area contributed by atoms with Crippen molar-refractivity contribution in [1.82, 2.24) is 10.6 Å². The lowest BCUT2D eigenvalue weighted by molar-refractivity contribution is -0.297. The van der Waals surface area contributed by atoms with E-state index in [-0.39, 0.29) is 51.4 Å². The van der Waals surface area contributed by atoms with Crippen LogP contribution in [0.2, 0.25) is 0 Å². The van der Waals surface area contributed by atoms with Crippen LogP contribution in [0.5, 0.6) is 0 Å². The summed E-state index contributed by atoms with van der Waals surface area (Å²) >= 11 is 0. The Morgan fingerprint density at radius 1 is 0.778 bits per heavy atom. The van der Waals surface area contributed by atoms with E-state index in [1.54, 1.807) is 0 Å². The summed E-state index contributed by atoms with van der Waals surface area (Å²) in [6.07, 6.45) is -20.1. The number of hydrogen-bond acceptors (Lipinski definition) is 22. The van der Waals surface area contributed by atoms with Crippen LogP contribution in [0.4, 0.5) is 0 Å². The Kier molecular flexibility index (Phi) is 15.0. The lowest BCUT2D eigenvalue weighted by atomic mass is 9.75. The van der Waals surface area contributed by atoms with Crippen LogP contribution in [-0.2, 0) is 33.2 Å². The second-order valence-electron chi connectivity index (χ2n) is 15.0. The molecule has 0 bridgehead atoms. The number of aliphatic hydroxyl groups is 9. The summed E-state index contributed by atoms with van der Waals surface area (Å²) in [6, 6.07) is -4.73. The molecule has 21 N–H and O–H groups in total. The number of amides is 1. The molecule has 0 aromatic carbocycles. The second-order valence-corrected chi connectivity index (χ2v) is 15.0. The predicted molar refractivity (Wildman–Crippen MR) is 180 cm³/mol. The first kappa shape index (κ1) is 43.7. The maximum atomic E-state index is 13.1. The zero-order valence-corrected chi connectivity index (χ0v) is 29.7. The lowest BCUT2D eigenvalue weighted by Crippen LogP contribution is -2.69. The molecule has 23 heteroatoms. The predicted octanol–water partition coefficient (Wildman–Crippen LogP) is -9.87. The number of ether oxygens (including phenoxy) is 6. The summed E-state index contributed by atoms with van der Waals surface area (Å²) in [5.74, 6) is -0.787. The molecule has 314 valence electrons. The number of nitrogens with one attached hydrogen (secondary N) is 2. The van der Waals surface area contributed by atoms with Crippen LogP contribution in [0.15, 0.2) is 0 Å². The molecule has 5 fully saturated rings. The molecule has 23 nitrogen and oxygen atoms in total. The molecular weight excluding hydrogens is 726 g/mol. The first-order chi connectivity index (χ1) is 25.5. The minimum atomic E-state index is -1.76. The summed E-state index contributed by atoms with van der Waals surface area (Å²) in [7, 11) is 0. The van der Waals surface area contributed by atoms with Crippen LogP contribution in [0.25, 0.3) is 0 Å². The number of carbonyl (C=O) groups excluding carboxylic acids is 1. The van der Waals surface area contributed by atoms with E-state index in [9.17, 15) is 45.6 Å².